The highest BCUT2D eigenvalue weighted by molar-refractivity contribution is 5.76. The Hall–Kier alpha value is -3.22. The maximum absolute atomic E-state index is 13.8. The van der Waals surface area contributed by atoms with Crippen LogP contribution in [0.1, 0.15) is 12.3 Å². The summed E-state index contributed by atoms with van der Waals surface area (Å²) in [5.41, 5.74) is 0.336. The van der Waals surface area contributed by atoms with Gasteiger partial charge in [0.15, 0.2) is 11.7 Å². The van der Waals surface area contributed by atoms with Crippen LogP contribution in [0.2, 0.25) is 0 Å². The highest BCUT2D eigenvalue weighted by Gasteiger charge is 2.14. The average molecular weight is 386 g/mol. The highest BCUT2D eigenvalue weighted by Crippen LogP contribution is 2.23. The lowest BCUT2D eigenvalue weighted by Gasteiger charge is -2.17. The standard InChI is InChI=1S/C21H20F2N2O3/c1-25(12-13-27-16-8-6-15(22)7-9-16)21(26)11-10-20-24-14-19(28-20)17-4-2-3-5-18(17)23/h2-9,14H,10-13H2,1H3. The number of nitrogens with zero attached hydrogens (tertiary/aromatic N) is 2. The van der Waals surface area contributed by atoms with Gasteiger partial charge in [-0.1, -0.05) is 12.1 Å². The van der Waals surface area contributed by atoms with Gasteiger partial charge in [-0.2, -0.15) is 0 Å². The van der Waals surface area contributed by atoms with E-state index in [9.17, 15) is 13.6 Å². The van der Waals surface area contributed by atoms with E-state index in [0.29, 0.717) is 42.5 Å². The molecule has 28 heavy (non-hydrogen) atoms. The molecule has 0 radical (unpaired) electrons. The van der Waals surface area contributed by atoms with Crippen molar-refractivity contribution < 1.29 is 22.7 Å². The van der Waals surface area contributed by atoms with Crippen LogP contribution in [0.3, 0.4) is 0 Å². The summed E-state index contributed by atoms with van der Waals surface area (Å²) in [4.78, 5) is 17.9. The Kier molecular flexibility index (Phi) is 6.37. The van der Waals surface area contributed by atoms with Gasteiger partial charge in [-0.05, 0) is 36.4 Å². The molecule has 1 amide bonds. The smallest absolute Gasteiger partial charge is 0.222 e. The molecule has 0 aliphatic rings. The molecular formula is C21H20F2N2O3. The first-order valence-corrected chi connectivity index (χ1v) is 8.85. The summed E-state index contributed by atoms with van der Waals surface area (Å²) in [5.74, 6) is 0.451. The predicted molar refractivity (Wildman–Crippen MR) is 99.8 cm³/mol. The monoisotopic (exact) mass is 386 g/mol. The molecule has 2 aromatic carbocycles. The molecule has 1 heterocycles. The van der Waals surface area contributed by atoms with E-state index in [-0.39, 0.29) is 24.0 Å². The second kappa shape index (κ2) is 9.12. The molecule has 0 atom stereocenters. The molecule has 3 aromatic rings. The third kappa shape index (κ3) is 5.16. The number of halogens is 2. The number of oxazole rings is 1. The van der Waals surface area contributed by atoms with Crippen molar-refractivity contribution in [3.8, 4) is 17.1 Å². The van der Waals surface area contributed by atoms with Crippen LogP contribution in [0.25, 0.3) is 11.3 Å². The van der Waals surface area contributed by atoms with Crippen molar-refractivity contribution in [1.29, 1.82) is 0 Å². The van der Waals surface area contributed by atoms with E-state index < -0.39 is 0 Å². The van der Waals surface area contributed by atoms with Crippen molar-refractivity contribution >= 4 is 5.91 Å². The fraction of sp³-hybridized carbons (Fsp3) is 0.238. The predicted octanol–water partition coefficient (Wildman–Crippen LogP) is 4.09. The van der Waals surface area contributed by atoms with E-state index >= 15 is 0 Å². The first-order chi connectivity index (χ1) is 13.5. The number of hydrogen-bond donors (Lipinski definition) is 0. The van der Waals surface area contributed by atoms with Crippen molar-refractivity contribution in [2.75, 3.05) is 20.2 Å². The average Bonchev–Trinajstić information content (AvgIpc) is 3.16. The molecule has 0 saturated heterocycles. The normalized spacial score (nSPS) is 10.7. The maximum Gasteiger partial charge on any atom is 0.222 e. The summed E-state index contributed by atoms with van der Waals surface area (Å²) in [5, 5.41) is 0. The number of carbonyl (C=O) groups is 1. The van der Waals surface area contributed by atoms with Crippen molar-refractivity contribution in [2.24, 2.45) is 0 Å². The van der Waals surface area contributed by atoms with Gasteiger partial charge in [0.25, 0.3) is 0 Å². The first-order valence-electron chi connectivity index (χ1n) is 8.85. The molecule has 0 saturated carbocycles. The largest absolute Gasteiger partial charge is 0.492 e. The Labute approximate surface area is 161 Å². The SMILES string of the molecule is CN(CCOc1ccc(F)cc1)C(=O)CCc1ncc(-c2ccccc2F)o1. The molecule has 0 N–H and O–H groups in total. The molecule has 0 fully saturated rings. The lowest BCUT2D eigenvalue weighted by atomic mass is 10.2. The van der Waals surface area contributed by atoms with Gasteiger partial charge in [-0.15, -0.1) is 0 Å². The quantitative estimate of drug-likeness (QED) is 0.585. The van der Waals surface area contributed by atoms with E-state index in [1.165, 1.54) is 36.5 Å². The number of likely N-dealkylation sites (N-methyl/N-ethyl adjacent to an activating group) is 1. The fourth-order valence-corrected chi connectivity index (χ4v) is 2.57. The minimum absolute atomic E-state index is 0.0895. The molecule has 0 aliphatic carbocycles. The van der Waals surface area contributed by atoms with Crippen LogP contribution in [0.5, 0.6) is 5.75 Å². The van der Waals surface area contributed by atoms with E-state index in [0.717, 1.165) is 0 Å². The van der Waals surface area contributed by atoms with Crippen LogP contribution in [-0.2, 0) is 11.2 Å². The zero-order valence-electron chi connectivity index (χ0n) is 15.4. The molecule has 146 valence electrons. The summed E-state index contributed by atoms with van der Waals surface area (Å²) in [6, 6.07) is 12.0. The van der Waals surface area contributed by atoms with E-state index in [4.69, 9.17) is 9.15 Å². The topological polar surface area (TPSA) is 55.6 Å². The zero-order valence-corrected chi connectivity index (χ0v) is 15.4. The number of aryl methyl sites for hydroxylation is 1. The lowest BCUT2D eigenvalue weighted by Crippen LogP contribution is -2.31. The number of benzene rings is 2. The van der Waals surface area contributed by atoms with Gasteiger partial charge in [0.2, 0.25) is 5.91 Å². The highest BCUT2D eigenvalue weighted by atomic mass is 19.1. The molecule has 5 nitrogen and oxygen atoms in total. The molecule has 7 heteroatoms. The minimum Gasteiger partial charge on any atom is -0.492 e. The molecule has 0 bridgehead atoms. The molecular weight excluding hydrogens is 366 g/mol. The Morgan fingerprint density at radius 3 is 2.64 bits per heavy atom. The third-order valence-corrected chi connectivity index (χ3v) is 4.18. The minimum atomic E-state index is -0.387. The van der Waals surface area contributed by atoms with E-state index in [1.54, 1.807) is 30.1 Å². The van der Waals surface area contributed by atoms with Gasteiger partial charge in [0, 0.05) is 19.9 Å². The van der Waals surface area contributed by atoms with Gasteiger partial charge in [0.1, 0.15) is 24.0 Å². The van der Waals surface area contributed by atoms with Gasteiger partial charge >= 0.3 is 0 Å². The third-order valence-electron chi connectivity index (χ3n) is 4.18. The second-order valence-corrected chi connectivity index (χ2v) is 6.22. The lowest BCUT2D eigenvalue weighted by molar-refractivity contribution is -0.130. The molecule has 0 unspecified atom stereocenters. The van der Waals surface area contributed by atoms with Crippen LogP contribution in [0, 0.1) is 11.6 Å². The summed E-state index contributed by atoms with van der Waals surface area (Å²) in [7, 11) is 1.68. The number of ether oxygens (including phenoxy) is 1. The number of carbonyl (C=O) groups excluding carboxylic acids is 1. The van der Waals surface area contributed by atoms with Gasteiger partial charge < -0.3 is 14.1 Å². The van der Waals surface area contributed by atoms with Crippen LogP contribution in [-0.4, -0.2) is 36.0 Å². The Morgan fingerprint density at radius 2 is 1.89 bits per heavy atom. The first kappa shape index (κ1) is 19.5. The Bertz CT molecular complexity index is 925. The zero-order chi connectivity index (χ0) is 19.9. The molecule has 0 aliphatic heterocycles. The van der Waals surface area contributed by atoms with Crippen molar-refractivity contribution in [3.05, 3.63) is 72.3 Å². The molecule has 1 aromatic heterocycles. The fourth-order valence-electron chi connectivity index (χ4n) is 2.57. The number of aromatic nitrogens is 1. The number of hydrogen-bond acceptors (Lipinski definition) is 4. The summed E-state index contributed by atoms with van der Waals surface area (Å²) in [6.07, 6.45) is 1.99. The number of rotatable bonds is 8. The number of amides is 1. The van der Waals surface area contributed by atoms with Crippen molar-refractivity contribution in [1.82, 2.24) is 9.88 Å². The Morgan fingerprint density at radius 1 is 1.14 bits per heavy atom. The van der Waals surface area contributed by atoms with Crippen molar-refractivity contribution in [3.63, 3.8) is 0 Å². The van der Waals surface area contributed by atoms with Gasteiger partial charge in [0.05, 0.1) is 18.3 Å². The summed E-state index contributed by atoms with van der Waals surface area (Å²) >= 11 is 0. The van der Waals surface area contributed by atoms with Crippen molar-refractivity contribution in [2.45, 2.75) is 12.8 Å². The maximum atomic E-state index is 13.8. The van der Waals surface area contributed by atoms with Gasteiger partial charge in [-0.3, -0.25) is 4.79 Å². The van der Waals surface area contributed by atoms with E-state index in [1.807, 2.05) is 0 Å². The Balaban J connectivity index is 1.44. The molecule has 0 spiro atoms. The summed E-state index contributed by atoms with van der Waals surface area (Å²) < 4.78 is 37.7. The molecule has 3 rings (SSSR count). The van der Waals surface area contributed by atoms with Crippen LogP contribution >= 0.6 is 0 Å². The van der Waals surface area contributed by atoms with E-state index in [2.05, 4.69) is 4.98 Å². The van der Waals surface area contributed by atoms with Crippen LogP contribution in [0.15, 0.2) is 59.1 Å². The van der Waals surface area contributed by atoms with Gasteiger partial charge in [-0.25, -0.2) is 13.8 Å². The summed E-state index contributed by atoms with van der Waals surface area (Å²) in [6.45, 7) is 0.687. The van der Waals surface area contributed by atoms with Crippen LogP contribution < -0.4 is 4.74 Å². The van der Waals surface area contributed by atoms with Crippen LogP contribution in [0.4, 0.5) is 8.78 Å². The second-order valence-electron chi connectivity index (χ2n) is 6.22.